The second-order valence-corrected chi connectivity index (χ2v) is 31.2. The fraction of sp³-hybridized carbons (Fsp3) is 0.116. The molecule has 5 aromatic heterocycles. The standard InChI is InChI=1S/C86H61N3S3/c1-84(2,3)49-41-65-56-36-31-52(87(71-24-16-28-77-80(71)59-20-10-14-26-75(59)90-77)50-33-38-69-62(43-50)54-18-8-12-22-67(54)85(69,4)5)45-73(56)89-74-47-61-48(40-64(74)66(42-49)82(65)89)30-35-58-57-37-32-53(46-79(57)92-83(58)61)88(72-25-17-29-78-81(72)60-21-11-15-27-76(60)91-78)51-34-39-70-63(44-51)55-19-9-13-23-68(55)86(70,6)7/h8-47H,1-7H3. The lowest BCUT2D eigenvalue weighted by molar-refractivity contribution is 0.592. The molecule has 0 amide bonds. The van der Waals surface area contributed by atoms with Crippen LogP contribution >= 0.6 is 34.0 Å². The Labute approximate surface area is 545 Å². The number of fused-ring (bicyclic) bond motifs is 23. The van der Waals surface area contributed by atoms with Crippen molar-refractivity contribution in [3.05, 3.63) is 270 Å². The number of anilines is 6. The maximum Gasteiger partial charge on any atom is 0.0620 e. The van der Waals surface area contributed by atoms with E-state index in [-0.39, 0.29) is 16.2 Å². The van der Waals surface area contributed by atoms with Gasteiger partial charge >= 0.3 is 0 Å². The summed E-state index contributed by atoms with van der Waals surface area (Å²) in [5.74, 6) is 0. The van der Waals surface area contributed by atoms with Crippen LogP contribution in [0.3, 0.4) is 0 Å². The van der Waals surface area contributed by atoms with Gasteiger partial charge in [0.05, 0.1) is 27.9 Å². The zero-order valence-corrected chi connectivity index (χ0v) is 54.6. The van der Waals surface area contributed by atoms with E-state index in [1.54, 1.807) is 0 Å². The van der Waals surface area contributed by atoms with Gasteiger partial charge in [-0.15, -0.1) is 34.0 Å². The normalized spacial score (nSPS) is 14.2. The van der Waals surface area contributed by atoms with Gasteiger partial charge in [-0.25, -0.2) is 0 Å². The van der Waals surface area contributed by atoms with Gasteiger partial charge in [0.1, 0.15) is 0 Å². The Kier molecular flexibility index (Phi) is 10.6. The highest BCUT2D eigenvalue weighted by molar-refractivity contribution is 7.27. The molecule has 0 N–H and O–H groups in total. The lowest BCUT2D eigenvalue weighted by Crippen LogP contribution is -2.15. The van der Waals surface area contributed by atoms with E-state index in [1.807, 2.05) is 34.0 Å². The molecule has 0 spiro atoms. The first-order chi connectivity index (χ1) is 44.7. The van der Waals surface area contributed by atoms with Gasteiger partial charge in [0.25, 0.3) is 0 Å². The quantitative estimate of drug-likeness (QED) is 0.164. The molecule has 18 aromatic rings. The summed E-state index contributed by atoms with van der Waals surface area (Å²) in [7, 11) is 0. The van der Waals surface area contributed by atoms with Gasteiger partial charge in [-0.05, 0) is 170 Å². The van der Waals surface area contributed by atoms with Crippen molar-refractivity contribution in [1.29, 1.82) is 0 Å². The minimum absolute atomic E-state index is 0.0667. The molecule has 2 aliphatic rings. The van der Waals surface area contributed by atoms with Gasteiger partial charge in [0.15, 0.2) is 0 Å². The van der Waals surface area contributed by atoms with Crippen molar-refractivity contribution in [2.75, 3.05) is 9.80 Å². The predicted octanol–water partition coefficient (Wildman–Crippen LogP) is 25.9. The molecule has 3 nitrogen and oxygen atoms in total. The van der Waals surface area contributed by atoms with Crippen LogP contribution in [0.2, 0.25) is 0 Å². The number of hydrogen-bond donors (Lipinski definition) is 0. The highest BCUT2D eigenvalue weighted by Gasteiger charge is 2.38. The molecule has 92 heavy (non-hydrogen) atoms. The average Bonchev–Trinajstić information content (AvgIpc) is 1.53. The summed E-state index contributed by atoms with van der Waals surface area (Å²) < 4.78 is 10.4. The highest BCUT2D eigenvalue weighted by Crippen LogP contribution is 2.56. The fourth-order valence-electron chi connectivity index (χ4n) is 16.7. The zero-order chi connectivity index (χ0) is 61.4. The van der Waals surface area contributed by atoms with E-state index >= 15 is 0 Å². The van der Waals surface area contributed by atoms with Gasteiger partial charge in [-0.2, -0.15) is 0 Å². The van der Waals surface area contributed by atoms with Crippen LogP contribution in [0.15, 0.2) is 243 Å². The Morgan fingerprint density at radius 1 is 0.326 bits per heavy atom. The van der Waals surface area contributed by atoms with Crippen LogP contribution in [0.1, 0.15) is 76.3 Å². The van der Waals surface area contributed by atoms with Crippen molar-refractivity contribution in [3.8, 4) is 22.3 Å². The first kappa shape index (κ1) is 52.9. The Balaban J connectivity index is 0.811. The first-order valence-electron chi connectivity index (χ1n) is 32.2. The molecule has 0 unspecified atom stereocenters. The second-order valence-electron chi connectivity index (χ2n) is 28.0. The van der Waals surface area contributed by atoms with Gasteiger partial charge in [0, 0.05) is 121 Å². The molecule has 13 aromatic carbocycles. The third-order valence-electron chi connectivity index (χ3n) is 21.2. The minimum atomic E-state index is -0.106. The third kappa shape index (κ3) is 7.15. The van der Waals surface area contributed by atoms with Gasteiger partial charge in [0.2, 0.25) is 0 Å². The Hall–Kier alpha value is -9.82. The number of nitrogens with zero attached hydrogens (tertiary/aromatic N) is 3. The molecule has 0 saturated carbocycles. The summed E-state index contributed by atoms with van der Waals surface area (Å²) in [5, 5.41) is 15.4. The van der Waals surface area contributed by atoms with Crippen molar-refractivity contribution < 1.29 is 0 Å². The molecule has 0 atom stereocenters. The number of benzene rings is 13. The molecule has 5 heterocycles. The molecular weight excluding hydrogens is 1170 g/mol. The van der Waals surface area contributed by atoms with Crippen molar-refractivity contribution in [1.82, 2.24) is 4.40 Å². The molecule has 2 aliphatic carbocycles. The molecule has 20 rings (SSSR count). The third-order valence-corrected chi connectivity index (χ3v) is 24.7. The number of aromatic nitrogens is 1. The Morgan fingerprint density at radius 3 is 1.40 bits per heavy atom. The summed E-state index contributed by atoms with van der Waals surface area (Å²) in [4.78, 5) is 5.10. The molecule has 0 saturated heterocycles. The molecule has 0 radical (unpaired) electrons. The summed E-state index contributed by atoms with van der Waals surface area (Å²) in [6.07, 6.45) is 0. The van der Waals surface area contributed by atoms with Crippen molar-refractivity contribution >= 4 is 178 Å². The fourth-order valence-corrected chi connectivity index (χ4v) is 20.2. The zero-order valence-electron chi connectivity index (χ0n) is 52.2. The van der Waals surface area contributed by atoms with Crippen LogP contribution < -0.4 is 9.80 Å². The Bertz CT molecular complexity index is 6270. The van der Waals surface area contributed by atoms with E-state index < -0.39 is 0 Å². The number of hydrogen-bond acceptors (Lipinski definition) is 5. The van der Waals surface area contributed by atoms with E-state index in [0.29, 0.717) is 0 Å². The van der Waals surface area contributed by atoms with E-state index in [2.05, 4.69) is 305 Å². The number of thiophene rings is 3. The minimum Gasteiger partial charge on any atom is -0.310 e. The summed E-state index contributed by atoms with van der Waals surface area (Å²) in [5.41, 5.74) is 22.6. The SMILES string of the molecule is CC(C)(C)c1cc2c3ccc(N(c4ccc5c(c4)-c4ccccc4C5(C)C)c4cccc5sc6ccccc6c45)cc3n3c4cc5c(ccc6c7ccc(N(c8ccc9c(c8)-c8ccccc8C9(C)C)c8cccc9sc%10ccccc%10c89)cc7sc56)cc4c(c1)c23. The lowest BCUT2D eigenvalue weighted by Gasteiger charge is -2.28. The molecule has 6 heteroatoms. The molecular formula is C86H61N3S3. The molecule has 0 bridgehead atoms. The van der Waals surface area contributed by atoms with Crippen LogP contribution in [-0.4, -0.2) is 4.40 Å². The molecule has 438 valence electrons. The topological polar surface area (TPSA) is 10.9 Å². The number of rotatable bonds is 6. The van der Waals surface area contributed by atoms with Gasteiger partial charge in [-0.1, -0.05) is 182 Å². The van der Waals surface area contributed by atoms with Crippen LogP contribution in [0, 0.1) is 0 Å². The Morgan fingerprint density at radius 2 is 0.804 bits per heavy atom. The lowest BCUT2D eigenvalue weighted by atomic mass is 9.82. The molecule has 0 fully saturated rings. The predicted molar refractivity (Wildman–Crippen MR) is 400 cm³/mol. The largest absolute Gasteiger partial charge is 0.310 e. The van der Waals surface area contributed by atoms with Gasteiger partial charge < -0.3 is 14.2 Å². The van der Waals surface area contributed by atoms with E-state index in [0.717, 1.165) is 22.7 Å². The highest BCUT2D eigenvalue weighted by atomic mass is 32.1. The van der Waals surface area contributed by atoms with Crippen LogP contribution in [0.5, 0.6) is 0 Å². The monoisotopic (exact) mass is 1230 g/mol. The summed E-state index contributed by atoms with van der Waals surface area (Å²) in [6, 6.07) is 93.5. The second kappa shape index (κ2) is 18.5. The maximum atomic E-state index is 2.62. The van der Waals surface area contributed by atoms with Crippen LogP contribution in [-0.2, 0) is 16.2 Å². The van der Waals surface area contributed by atoms with Gasteiger partial charge in [-0.3, -0.25) is 0 Å². The smallest absolute Gasteiger partial charge is 0.0620 e. The van der Waals surface area contributed by atoms with Crippen molar-refractivity contribution in [3.63, 3.8) is 0 Å². The van der Waals surface area contributed by atoms with E-state index in [9.17, 15) is 0 Å². The summed E-state index contributed by atoms with van der Waals surface area (Å²) >= 11 is 5.69. The maximum absolute atomic E-state index is 2.62. The summed E-state index contributed by atoms with van der Waals surface area (Å²) in [6.45, 7) is 16.6. The van der Waals surface area contributed by atoms with Crippen molar-refractivity contribution in [2.24, 2.45) is 0 Å². The van der Waals surface area contributed by atoms with Crippen molar-refractivity contribution in [2.45, 2.75) is 64.7 Å². The average molecular weight is 1230 g/mol. The van der Waals surface area contributed by atoms with Crippen LogP contribution in [0.25, 0.3) is 132 Å². The first-order valence-corrected chi connectivity index (χ1v) is 34.7. The molecule has 0 aliphatic heterocycles. The van der Waals surface area contributed by atoms with E-state index in [4.69, 9.17) is 0 Å². The van der Waals surface area contributed by atoms with E-state index in [1.165, 1.54) is 171 Å². The van der Waals surface area contributed by atoms with Crippen LogP contribution in [0.4, 0.5) is 34.1 Å².